The summed E-state index contributed by atoms with van der Waals surface area (Å²) in [6.07, 6.45) is 2.54. The number of rotatable bonds is 5. The van der Waals surface area contributed by atoms with E-state index < -0.39 is 0 Å². The number of fused-ring (bicyclic) bond motifs is 1. The van der Waals surface area contributed by atoms with E-state index in [1.54, 1.807) is 17.7 Å². The lowest BCUT2D eigenvalue weighted by molar-refractivity contribution is 0.600. The third-order valence-corrected chi connectivity index (χ3v) is 5.22. The summed E-state index contributed by atoms with van der Waals surface area (Å²) in [4.78, 5) is 30.2. The quantitative estimate of drug-likeness (QED) is 0.440. The molecule has 0 radical (unpaired) electrons. The normalized spacial score (nSPS) is 11.1. The third kappa shape index (κ3) is 3.94. The molecule has 6 nitrogen and oxygen atoms in total. The Labute approximate surface area is 169 Å². The van der Waals surface area contributed by atoms with Crippen molar-refractivity contribution in [3.63, 3.8) is 0 Å². The van der Waals surface area contributed by atoms with Gasteiger partial charge in [-0.2, -0.15) is 0 Å². The SMILES string of the molecule is CC(C)=CCn1c(Br)nc2c1c(=O)n(CCc1cccc(Cl)c1)c(=O)n2C. The van der Waals surface area contributed by atoms with Crippen LogP contribution < -0.4 is 11.2 Å². The molecule has 2 heterocycles. The molecule has 0 unspecified atom stereocenters. The zero-order chi connectivity index (χ0) is 19.7. The van der Waals surface area contributed by atoms with Gasteiger partial charge in [-0.25, -0.2) is 9.78 Å². The molecular formula is C19H20BrClN4O2. The molecular weight excluding hydrogens is 432 g/mol. The van der Waals surface area contributed by atoms with Crippen LogP contribution in [0.4, 0.5) is 0 Å². The van der Waals surface area contributed by atoms with Crippen LogP contribution in [0.15, 0.2) is 50.2 Å². The fourth-order valence-corrected chi connectivity index (χ4v) is 3.62. The number of benzene rings is 1. The van der Waals surface area contributed by atoms with Gasteiger partial charge in [-0.05, 0) is 53.9 Å². The van der Waals surface area contributed by atoms with Gasteiger partial charge in [0, 0.05) is 25.2 Å². The largest absolute Gasteiger partial charge is 0.332 e. The molecule has 2 aromatic heterocycles. The zero-order valence-electron chi connectivity index (χ0n) is 15.4. The molecule has 0 amide bonds. The second-order valence-electron chi connectivity index (χ2n) is 6.62. The molecule has 3 rings (SSSR count). The number of aryl methyl sites for hydroxylation is 2. The van der Waals surface area contributed by atoms with E-state index in [1.807, 2.05) is 38.1 Å². The lowest BCUT2D eigenvalue weighted by atomic mass is 10.1. The molecule has 0 aliphatic heterocycles. The lowest BCUT2D eigenvalue weighted by Crippen LogP contribution is -2.40. The first kappa shape index (κ1) is 19.6. The number of nitrogens with zero attached hydrogens (tertiary/aromatic N) is 4. The highest BCUT2D eigenvalue weighted by atomic mass is 79.9. The van der Waals surface area contributed by atoms with Gasteiger partial charge in [0.25, 0.3) is 5.56 Å². The highest BCUT2D eigenvalue weighted by Gasteiger charge is 2.18. The molecule has 0 bridgehead atoms. The molecule has 142 valence electrons. The number of imidazole rings is 1. The topological polar surface area (TPSA) is 61.8 Å². The van der Waals surface area contributed by atoms with E-state index in [0.717, 1.165) is 11.1 Å². The van der Waals surface area contributed by atoms with Crippen LogP contribution in [-0.2, 0) is 26.6 Å². The summed E-state index contributed by atoms with van der Waals surface area (Å²) in [6, 6.07) is 7.41. The first-order valence-electron chi connectivity index (χ1n) is 8.53. The van der Waals surface area contributed by atoms with Crippen LogP contribution in [0.5, 0.6) is 0 Å². The van der Waals surface area contributed by atoms with Crippen molar-refractivity contribution in [1.29, 1.82) is 0 Å². The second-order valence-corrected chi connectivity index (χ2v) is 7.77. The molecule has 0 aliphatic rings. The van der Waals surface area contributed by atoms with Gasteiger partial charge in [-0.1, -0.05) is 35.4 Å². The van der Waals surface area contributed by atoms with E-state index in [-0.39, 0.29) is 17.8 Å². The summed E-state index contributed by atoms with van der Waals surface area (Å²) in [5, 5.41) is 0.631. The van der Waals surface area contributed by atoms with Crippen molar-refractivity contribution in [2.45, 2.75) is 33.4 Å². The van der Waals surface area contributed by atoms with Gasteiger partial charge in [0.1, 0.15) is 0 Å². The molecule has 0 N–H and O–H groups in total. The molecule has 1 aromatic carbocycles. The second kappa shape index (κ2) is 7.86. The van der Waals surface area contributed by atoms with Crippen molar-refractivity contribution in [3.05, 3.63) is 72.1 Å². The summed E-state index contributed by atoms with van der Waals surface area (Å²) in [7, 11) is 1.63. The monoisotopic (exact) mass is 450 g/mol. The fourth-order valence-electron chi connectivity index (χ4n) is 2.92. The highest BCUT2D eigenvalue weighted by Crippen LogP contribution is 2.17. The minimum Gasteiger partial charge on any atom is -0.309 e. The van der Waals surface area contributed by atoms with Crippen LogP contribution in [0.2, 0.25) is 5.02 Å². The Balaban J connectivity index is 2.10. The predicted octanol–water partition coefficient (Wildman–Crippen LogP) is 3.52. The smallest absolute Gasteiger partial charge is 0.309 e. The van der Waals surface area contributed by atoms with Crippen molar-refractivity contribution < 1.29 is 0 Å². The Morgan fingerprint density at radius 2 is 2.00 bits per heavy atom. The van der Waals surface area contributed by atoms with Gasteiger partial charge in [0.05, 0.1) is 0 Å². The zero-order valence-corrected chi connectivity index (χ0v) is 17.7. The van der Waals surface area contributed by atoms with Gasteiger partial charge in [0.15, 0.2) is 15.9 Å². The molecule has 0 spiro atoms. The Hall–Kier alpha value is -2.12. The number of halogens is 2. The average molecular weight is 452 g/mol. The third-order valence-electron chi connectivity index (χ3n) is 4.38. The molecule has 3 aromatic rings. The first-order chi connectivity index (χ1) is 12.8. The molecule has 0 saturated carbocycles. The molecule has 8 heteroatoms. The minimum atomic E-state index is -0.381. The Morgan fingerprint density at radius 3 is 2.67 bits per heavy atom. The van der Waals surface area contributed by atoms with Crippen LogP contribution >= 0.6 is 27.5 Å². The predicted molar refractivity (Wildman–Crippen MR) is 112 cm³/mol. The number of aromatic nitrogens is 4. The van der Waals surface area contributed by atoms with Crippen LogP contribution in [-0.4, -0.2) is 18.7 Å². The summed E-state index contributed by atoms with van der Waals surface area (Å²) in [5.74, 6) is 0. The number of hydrogen-bond donors (Lipinski definition) is 0. The Morgan fingerprint density at radius 1 is 1.26 bits per heavy atom. The van der Waals surface area contributed by atoms with Gasteiger partial charge in [-0.3, -0.25) is 13.9 Å². The lowest BCUT2D eigenvalue weighted by Gasteiger charge is -2.10. The summed E-state index contributed by atoms with van der Waals surface area (Å²) >= 11 is 9.42. The van der Waals surface area contributed by atoms with Crippen molar-refractivity contribution >= 4 is 38.7 Å². The Kier molecular flexibility index (Phi) is 5.72. The van der Waals surface area contributed by atoms with E-state index in [2.05, 4.69) is 20.9 Å². The van der Waals surface area contributed by atoms with Crippen LogP contribution in [0.25, 0.3) is 11.2 Å². The highest BCUT2D eigenvalue weighted by molar-refractivity contribution is 9.10. The molecule has 27 heavy (non-hydrogen) atoms. The maximum atomic E-state index is 13.1. The van der Waals surface area contributed by atoms with E-state index in [9.17, 15) is 9.59 Å². The molecule has 0 atom stereocenters. The van der Waals surface area contributed by atoms with Crippen molar-refractivity contribution in [3.8, 4) is 0 Å². The summed E-state index contributed by atoms with van der Waals surface area (Å²) < 4.78 is 4.98. The maximum absolute atomic E-state index is 13.1. The standard InChI is InChI=1S/C19H20BrClN4O2/c1-12(2)7-9-24-15-16(22-18(24)20)23(3)19(27)25(17(15)26)10-8-13-5-4-6-14(21)11-13/h4-7,11H,8-10H2,1-3H3. The van der Waals surface area contributed by atoms with Gasteiger partial charge in [0.2, 0.25) is 0 Å². The van der Waals surface area contributed by atoms with E-state index in [1.165, 1.54) is 9.13 Å². The molecule has 0 fully saturated rings. The fraction of sp³-hybridized carbons (Fsp3) is 0.316. The Bertz CT molecular complexity index is 1150. The van der Waals surface area contributed by atoms with Gasteiger partial charge in [-0.15, -0.1) is 0 Å². The van der Waals surface area contributed by atoms with Crippen LogP contribution in [0.1, 0.15) is 19.4 Å². The van der Waals surface area contributed by atoms with Crippen molar-refractivity contribution in [2.24, 2.45) is 7.05 Å². The number of hydrogen-bond acceptors (Lipinski definition) is 3. The van der Waals surface area contributed by atoms with E-state index in [0.29, 0.717) is 33.9 Å². The summed E-state index contributed by atoms with van der Waals surface area (Å²) in [5.41, 5.74) is 2.17. The first-order valence-corrected chi connectivity index (χ1v) is 9.70. The molecule has 0 aliphatic carbocycles. The molecule has 0 saturated heterocycles. The van der Waals surface area contributed by atoms with Crippen molar-refractivity contribution in [1.82, 2.24) is 18.7 Å². The van der Waals surface area contributed by atoms with Gasteiger partial charge < -0.3 is 4.57 Å². The van der Waals surface area contributed by atoms with Gasteiger partial charge >= 0.3 is 5.69 Å². The summed E-state index contributed by atoms with van der Waals surface area (Å²) in [6.45, 7) is 4.76. The van der Waals surface area contributed by atoms with Crippen LogP contribution in [0.3, 0.4) is 0 Å². The number of allylic oxidation sites excluding steroid dienone is 2. The van der Waals surface area contributed by atoms with Crippen LogP contribution in [0, 0.1) is 0 Å². The average Bonchev–Trinajstić information content (AvgIpc) is 2.94. The van der Waals surface area contributed by atoms with E-state index in [4.69, 9.17) is 11.6 Å². The minimum absolute atomic E-state index is 0.271. The maximum Gasteiger partial charge on any atom is 0.332 e. The van der Waals surface area contributed by atoms with E-state index >= 15 is 0 Å². The van der Waals surface area contributed by atoms with Crippen molar-refractivity contribution in [2.75, 3.05) is 0 Å².